The molecule has 1 aliphatic carbocycles. The number of nitrogens with zero attached hydrogens (tertiary/aromatic N) is 2. The third kappa shape index (κ3) is 2.74. The number of carbonyl (C=O) groups is 3. The zero-order valence-electron chi connectivity index (χ0n) is 17.2. The molecule has 30 heavy (non-hydrogen) atoms. The molecule has 1 saturated carbocycles. The summed E-state index contributed by atoms with van der Waals surface area (Å²) in [6.45, 7) is 2.82. The Hall–Kier alpha value is -3.15. The highest BCUT2D eigenvalue weighted by molar-refractivity contribution is 6.07. The van der Waals surface area contributed by atoms with Crippen LogP contribution in [0.5, 0.6) is 0 Å². The fraction of sp³-hybridized carbons (Fsp3) is 0.375. The molecule has 5 rings (SSSR count). The summed E-state index contributed by atoms with van der Waals surface area (Å²) < 4.78 is 0. The van der Waals surface area contributed by atoms with Crippen molar-refractivity contribution in [3.05, 3.63) is 70.8 Å². The fourth-order valence-corrected chi connectivity index (χ4v) is 5.15. The lowest BCUT2D eigenvalue weighted by molar-refractivity contribution is -0.133. The molecule has 0 bridgehead atoms. The zero-order chi connectivity index (χ0) is 21.0. The van der Waals surface area contributed by atoms with E-state index in [0.717, 1.165) is 29.5 Å². The first-order valence-corrected chi connectivity index (χ1v) is 10.5. The van der Waals surface area contributed by atoms with Crippen molar-refractivity contribution >= 4 is 17.8 Å². The first kappa shape index (κ1) is 18.9. The number of benzene rings is 2. The summed E-state index contributed by atoms with van der Waals surface area (Å²) in [4.78, 5) is 41.6. The highest BCUT2D eigenvalue weighted by atomic mass is 16.2. The van der Waals surface area contributed by atoms with Crippen molar-refractivity contribution in [1.29, 1.82) is 0 Å². The van der Waals surface area contributed by atoms with Crippen LogP contribution in [0.25, 0.3) is 0 Å². The monoisotopic (exact) mass is 403 g/mol. The van der Waals surface area contributed by atoms with E-state index in [9.17, 15) is 14.4 Å². The molecule has 2 atom stereocenters. The predicted molar refractivity (Wildman–Crippen MR) is 112 cm³/mol. The van der Waals surface area contributed by atoms with E-state index in [1.807, 2.05) is 49.4 Å². The van der Waals surface area contributed by atoms with Crippen LogP contribution in [0, 0.1) is 5.92 Å². The average Bonchev–Trinajstić information content (AvgIpc) is 3.50. The van der Waals surface area contributed by atoms with E-state index < -0.39 is 5.54 Å². The van der Waals surface area contributed by atoms with Crippen molar-refractivity contribution in [3.8, 4) is 0 Å². The van der Waals surface area contributed by atoms with Crippen LogP contribution >= 0.6 is 0 Å². The number of carbonyl (C=O) groups excluding carboxylic acids is 3. The van der Waals surface area contributed by atoms with Crippen molar-refractivity contribution in [3.63, 3.8) is 0 Å². The smallest absolute Gasteiger partial charge is 0.327 e. The molecule has 2 aromatic rings. The molecule has 0 radical (unpaired) electrons. The van der Waals surface area contributed by atoms with Gasteiger partial charge in [0.2, 0.25) is 0 Å². The van der Waals surface area contributed by atoms with Crippen LogP contribution in [0.15, 0.2) is 48.5 Å². The van der Waals surface area contributed by atoms with E-state index in [1.54, 1.807) is 11.9 Å². The Bertz CT molecular complexity index is 1050. The molecule has 1 N–H and O–H groups in total. The van der Waals surface area contributed by atoms with Gasteiger partial charge in [0.05, 0.1) is 0 Å². The first-order chi connectivity index (χ1) is 14.4. The lowest BCUT2D eigenvalue weighted by Gasteiger charge is -2.39. The number of imide groups is 1. The van der Waals surface area contributed by atoms with Crippen molar-refractivity contribution in [2.24, 2.45) is 5.92 Å². The maximum Gasteiger partial charge on any atom is 0.327 e. The van der Waals surface area contributed by atoms with Gasteiger partial charge < -0.3 is 10.2 Å². The number of hydrogen-bond donors (Lipinski definition) is 1. The molecule has 2 aromatic carbocycles. The van der Waals surface area contributed by atoms with E-state index in [2.05, 4.69) is 11.4 Å². The predicted octanol–water partition coefficient (Wildman–Crippen LogP) is 3.28. The second-order valence-electron chi connectivity index (χ2n) is 8.78. The number of rotatable bonds is 5. The largest absolute Gasteiger partial charge is 0.348 e. The first-order valence-electron chi connectivity index (χ1n) is 10.5. The molecule has 0 aromatic heterocycles. The summed E-state index contributed by atoms with van der Waals surface area (Å²) in [6.07, 6.45) is 2.08. The highest BCUT2D eigenvalue weighted by Gasteiger charge is 2.60. The van der Waals surface area contributed by atoms with Gasteiger partial charge in [-0.2, -0.15) is 0 Å². The lowest BCUT2D eigenvalue weighted by atomic mass is 9.75. The molecule has 4 amide bonds. The number of amides is 4. The van der Waals surface area contributed by atoms with Gasteiger partial charge >= 0.3 is 6.03 Å². The fourth-order valence-electron chi connectivity index (χ4n) is 5.15. The molecular weight excluding hydrogens is 378 g/mol. The van der Waals surface area contributed by atoms with E-state index in [1.165, 1.54) is 4.90 Å². The van der Waals surface area contributed by atoms with Crippen molar-refractivity contribution < 1.29 is 14.4 Å². The number of likely N-dealkylation sites (N-methyl/N-ethyl adjacent to an activating group) is 1. The Labute approximate surface area is 175 Å². The second kappa shape index (κ2) is 6.69. The Morgan fingerprint density at radius 2 is 1.83 bits per heavy atom. The molecule has 6 nitrogen and oxygen atoms in total. The number of nitrogens with one attached hydrogen (secondary N) is 1. The summed E-state index contributed by atoms with van der Waals surface area (Å²) in [5, 5.41) is 2.86. The van der Waals surface area contributed by atoms with Gasteiger partial charge in [0.1, 0.15) is 5.54 Å². The molecule has 3 aliphatic rings. The number of fused-ring (bicyclic) bond motifs is 1. The maximum atomic E-state index is 13.5. The van der Waals surface area contributed by atoms with Crippen LogP contribution in [-0.4, -0.2) is 40.2 Å². The number of urea groups is 1. The van der Waals surface area contributed by atoms with E-state index in [-0.39, 0.29) is 23.8 Å². The van der Waals surface area contributed by atoms with Gasteiger partial charge in [-0.1, -0.05) is 42.5 Å². The van der Waals surface area contributed by atoms with Crippen LogP contribution in [0.1, 0.15) is 52.7 Å². The Kier molecular flexibility index (Phi) is 4.20. The van der Waals surface area contributed by atoms with Crippen LogP contribution in [0.4, 0.5) is 4.79 Å². The topological polar surface area (TPSA) is 69.7 Å². The molecule has 2 heterocycles. The van der Waals surface area contributed by atoms with Gasteiger partial charge in [0, 0.05) is 31.6 Å². The standard InChI is InChI=1S/C24H25N3O3/c1-24(22(29)26(2)23(30)27(24)14-15-6-4-3-5-7-15)20(16-8-9-16)17-10-11-19-18(12-17)13-25-21(19)28/h3-7,10-12,16,20H,8-9,13-14H2,1-2H3,(H,25,28). The third-order valence-electron chi connectivity index (χ3n) is 6.87. The van der Waals surface area contributed by atoms with Gasteiger partial charge in [-0.05, 0) is 48.4 Å². The Morgan fingerprint density at radius 3 is 2.53 bits per heavy atom. The van der Waals surface area contributed by atoms with Crippen LogP contribution in [0.3, 0.4) is 0 Å². The minimum Gasteiger partial charge on any atom is -0.348 e. The molecule has 2 fully saturated rings. The summed E-state index contributed by atoms with van der Waals surface area (Å²) in [6, 6.07) is 15.4. The van der Waals surface area contributed by atoms with Gasteiger partial charge in [0.25, 0.3) is 11.8 Å². The minimum absolute atomic E-state index is 0.0525. The maximum absolute atomic E-state index is 13.5. The summed E-state index contributed by atoms with van der Waals surface area (Å²) in [5.74, 6) is 0.0292. The highest BCUT2D eigenvalue weighted by Crippen LogP contribution is 2.53. The summed E-state index contributed by atoms with van der Waals surface area (Å²) in [5.41, 5.74) is 2.73. The molecule has 1 saturated heterocycles. The third-order valence-corrected chi connectivity index (χ3v) is 6.87. The Morgan fingerprint density at radius 1 is 1.10 bits per heavy atom. The SMILES string of the molecule is CN1C(=O)N(Cc2ccccc2)C(C)(C(c2ccc3c(c2)CNC3=O)C2CC2)C1=O. The van der Waals surface area contributed by atoms with Gasteiger partial charge in [-0.3, -0.25) is 14.5 Å². The molecule has 154 valence electrons. The van der Waals surface area contributed by atoms with E-state index in [0.29, 0.717) is 24.6 Å². The van der Waals surface area contributed by atoms with Crippen molar-refractivity contribution in [2.45, 2.75) is 44.3 Å². The lowest BCUT2D eigenvalue weighted by Crippen LogP contribution is -2.52. The Balaban J connectivity index is 1.59. The van der Waals surface area contributed by atoms with Gasteiger partial charge in [0.15, 0.2) is 0 Å². The average molecular weight is 403 g/mol. The summed E-state index contributed by atoms with van der Waals surface area (Å²) >= 11 is 0. The van der Waals surface area contributed by atoms with Crippen molar-refractivity contribution in [2.75, 3.05) is 7.05 Å². The normalized spacial score (nSPS) is 24.3. The molecule has 0 spiro atoms. The molecule has 6 heteroatoms. The van der Waals surface area contributed by atoms with Crippen molar-refractivity contribution in [1.82, 2.24) is 15.1 Å². The minimum atomic E-state index is -0.965. The zero-order valence-corrected chi connectivity index (χ0v) is 17.2. The van der Waals surface area contributed by atoms with Crippen LogP contribution < -0.4 is 5.32 Å². The molecule has 2 aliphatic heterocycles. The van der Waals surface area contributed by atoms with Crippen LogP contribution in [-0.2, 0) is 17.9 Å². The van der Waals surface area contributed by atoms with Crippen LogP contribution in [0.2, 0.25) is 0 Å². The van der Waals surface area contributed by atoms with Gasteiger partial charge in [-0.15, -0.1) is 0 Å². The molecule has 2 unspecified atom stereocenters. The molecular formula is C24H25N3O3. The quantitative estimate of drug-likeness (QED) is 0.779. The van der Waals surface area contributed by atoms with E-state index >= 15 is 0 Å². The van der Waals surface area contributed by atoms with E-state index in [4.69, 9.17) is 0 Å². The summed E-state index contributed by atoms with van der Waals surface area (Å²) in [7, 11) is 1.57. The second-order valence-corrected chi connectivity index (χ2v) is 8.78. The van der Waals surface area contributed by atoms with Gasteiger partial charge in [-0.25, -0.2) is 4.79 Å². The number of hydrogen-bond acceptors (Lipinski definition) is 3.